The first kappa shape index (κ1) is 21.7. The highest BCUT2D eigenvalue weighted by atomic mass is 35.5. The van der Waals surface area contributed by atoms with E-state index in [0.29, 0.717) is 6.04 Å². The van der Waals surface area contributed by atoms with Gasteiger partial charge in [0.25, 0.3) is 5.91 Å². The van der Waals surface area contributed by atoms with E-state index in [-0.39, 0.29) is 5.91 Å². The van der Waals surface area contributed by atoms with Crippen LogP contribution in [0.2, 0.25) is 5.02 Å². The van der Waals surface area contributed by atoms with E-state index in [1.807, 2.05) is 41.3 Å². The molecule has 2 heterocycles. The quantitative estimate of drug-likeness (QED) is 0.636. The van der Waals surface area contributed by atoms with Crippen LogP contribution in [0.25, 0.3) is 0 Å². The molecular formula is C24H30ClN3OS. The summed E-state index contributed by atoms with van der Waals surface area (Å²) in [6.07, 6.45) is 2.57. The van der Waals surface area contributed by atoms with Crippen molar-refractivity contribution in [2.45, 2.75) is 29.5 Å². The van der Waals surface area contributed by atoms with Gasteiger partial charge in [-0.1, -0.05) is 23.7 Å². The van der Waals surface area contributed by atoms with Crippen LogP contribution in [-0.4, -0.2) is 73.0 Å². The number of halogens is 1. The van der Waals surface area contributed by atoms with Crippen molar-refractivity contribution in [2.75, 3.05) is 46.3 Å². The van der Waals surface area contributed by atoms with Gasteiger partial charge in [-0.3, -0.25) is 9.69 Å². The Labute approximate surface area is 189 Å². The van der Waals surface area contributed by atoms with Gasteiger partial charge in [-0.15, -0.1) is 11.8 Å². The maximum Gasteiger partial charge on any atom is 0.253 e. The van der Waals surface area contributed by atoms with Crippen molar-refractivity contribution in [2.24, 2.45) is 0 Å². The Morgan fingerprint density at radius 3 is 2.37 bits per heavy atom. The van der Waals surface area contributed by atoms with Gasteiger partial charge in [0.15, 0.2) is 0 Å². The smallest absolute Gasteiger partial charge is 0.253 e. The molecule has 0 saturated carbocycles. The average Bonchev–Trinajstić information content (AvgIpc) is 2.79. The number of thioether (sulfide) groups is 1. The number of likely N-dealkylation sites (N-methyl/N-ethyl adjacent to an activating group) is 1. The van der Waals surface area contributed by atoms with Crippen molar-refractivity contribution in [3.05, 3.63) is 64.7 Å². The molecule has 6 heteroatoms. The normalized spacial score (nSPS) is 21.0. The van der Waals surface area contributed by atoms with Crippen LogP contribution in [0.1, 0.15) is 28.8 Å². The molecule has 160 valence electrons. The van der Waals surface area contributed by atoms with Crippen molar-refractivity contribution in [3.8, 4) is 0 Å². The monoisotopic (exact) mass is 443 g/mol. The number of piperazine rings is 1. The maximum atomic E-state index is 12.9. The number of hydrogen-bond acceptors (Lipinski definition) is 4. The van der Waals surface area contributed by atoms with E-state index in [1.54, 1.807) is 11.8 Å². The third-order valence-corrected chi connectivity index (χ3v) is 7.47. The summed E-state index contributed by atoms with van der Waals surface area (Å²) in [5.41, 5.74) is 2.01. The lowest BCUT2D eigenvalue weighted by Gasteiger charge is -2.42. The van der Waals surface area contributed by atoms with Gasteiger partial charge in [0.1, 0.15) is 0 Å². The van der Waals surface area contributed by atoms with Gasteiger partial charge >= 0.3 is 0 Å². The molecule has 0 bridgehead atoms. The maximum absolute atomic E-state index is 12.9. The van der Waals surface area contributed by atoms with E-state index in [4.69, 9.17) is 11.6 Å². The van der Waals surface area contributed by atoms with Crippen LogP contribution in [0.3, 0.4) is 0 Å². The van der Waals surface area contributed by atoms with Crippen molar-refractivity contribution in [1.29, 1.82) is 0 Å². The molecule has 2 fully saturated rings. The molecule has 2 saturated heterocycles. The van der Waals surface area contributed by atoms with Gasteiger partial charge in [-0.05, 0) is 68.4 Å². The number of amides is 1. The SMILES string of the molecule is CN1CCCC(N2CCN(C(=O)c3ccc(CSc4ccc(Cl)cc4)cc3)CC2)C1. The highest BCUT2D eigenvalue weighted by Gasteiger charge is 2.28. The van der Waals surface area contributed by atoms with Crippen molar-refractivity contribution in [3.63, 3.8) is 0 Å². The zero-order valence-corrected chi connectivity index (χ0v) is 19.2. The number of benzene rings is 2. The third kappa shape index (κ3) is 5.58. The Morgan fingerprint density at radius 2 is 1.70 bits per heavy atom. The lowest BCUT2D eigenvalue weighted by atomic mass is 10.0. The van der Waals surface area contributed by atoms with Crippen LogP contribution in [0.5, 0.6) is 0 Å². The molecule has 0 N–H and O–H groups in total. The Kier molecular flexibility index (Phi) is 7.37. The highest BCUT2D eigenvalue weighted by Crippen LogP contribution is 2.25. The average molecular weight is 444 g/mol. The second-order valence-corrected chi connectivity index (χ2v) is 9.81. The molecule has 2 aliphatic heterocycles. The van der Waals surface area contributed by atoms with Crippen LogP contribution in [0, 0.1) is 0 Å². The zero-order valence-electron chi connectivity index (χ0n) is 17.6. The number of piperidine rings is 1. The molecule has 1 atom stereocenters. The Balaban J connectivity index is 1.27. The van der Waals surface area contributed by atoms with Crippen molar-refractivity contribution < 1.29 is 4.79 Å². The molecule has 4 nitrogen and oxygen atoms in total. The number of likely N-dealkylation sites (tertiary alicyclic amines) is 1. The second-order valence-electron chi connectivity index (χ2n) is 8.33. The molecule has 0 aliphatic carbocycles. The predicted molar refractivity (Wildman–Crippen MR) is 125 cm³/mol. The minimum absolute atomic E-state index is 0.160. The molecule has 0 radical (unpaired) electrons. The highest BCUT2D eigenvalue weighted by molar-refractivity contribution is 7.98. The van der Waals surface area contributed by atoms with E-state index >= 15 is 0 Å². The van der Waals surface area contributed by atoms with Crippen LogP contribution < -0.4 is 0 Å². The van der Waals surface area contributed by atoms with E-state index in [1.165, 1.54) is 29.8 Å². The van der Waals surface area contributed by atoms with E-state index in [2.05, 4.69) is 29.0 Å². The topological polar surface area (TPSA) is 26.8 Å². The number of carbonyl (C=O) groups excluding carboxylic acids is 1. The first-order valence-corrected chi connectivity index (χ1v) is 12.1. The fourth-order valence-electron chi connectivity index (χ4n) is 4.35. The Bertz CT molecular complexity index is 835. The Morgan fingerprint density at radius 1 is 1.00 bits per heavy atom. The molecule has 30 heavy (non-hydrogen) atoms. The van der Waals surface area contributed by atoms with Gasteiger partial charge in [0.2, 0.25) is 0 Å². The van der Waals surface area contributed by atoms with Gasteiger partial charge in [0, 0.05) is 60.0 Å². The largest absolute Gasteiger partial charge is 0.336 e. The minimum atomic E-state index is 0.160. The van der Waals surface area contributed by atoms with Crippen LogP contribution in [-0.2, 0) is 5.75 Å². The number of carbonyl (C=O) groups is 1. The summed E-state index contributed by atoms with van der Waals surface area (Å²) in [4.78, 5) is 21.2. The molecule has 0 aromatic heterocycles. The van der Waals surface area contributed by atoms with E-state index in [0.717, 1.165) is 49.1 Å². The summed E-state index contributed by atoms with van der Waals surface area (Å²) in [7, 11) is 2.21. The number of nitrogens with zero attached hydrogens (tertiary/aromatic N) is 3. The van der Waals surface area contributed by atoms with Gasteiger partial charge < -0.3 is 9.80 Å². The van der Waals surface area contributed by atoms with Gasteiger partial charge in [0.05, 0.1) is 0 Å². The molecular weight excluding hydrogens is 414 g/mol. The summed E-state index contributed by atoms with van der Waals surface area (Å²) in [5.74, 6) is 1.04. The molecule has 2 aromatic rings. The van der Waals surface area contributed by atoms with E-state index < -0.39 is 0 Å². The predicted octanol–water partition coefficient (Wildman–Crippen LogP) is 4.48. The summed E-state index contributed by atoms with van der Waals surface area (Å²) in [6, 6.07) is 16.7. The molecule has 1 amide bonds. The summed E-state index contributed by atoms with van der Waals surface area (Å²) >= 11 is 7.72. The molecule has 1 unspecified atom stereocenters. The Hall–Kier alpha value is -1.53. The molecule has 2 aliphatic rings. The zero-order chi connectivity index (χ0) is 20.9. The standard InChI is InChI=1S/C24H30ClN3OS/c1-26-12-2-3-22(17-26)27-13-15-28(16-14-27)24(29)20-6-4-19(5-7-20)18-30-23-10-8-21(25)9-11-23/h4-11,22H,2-3,12-18H2,1H3. The molecule has 2 aromatic carbocycles. The molecule has 0 spiro atoms. The third-order valence-electron chi connectivity index (χ3n) is 6.14. The summed E-state index contributed by atoms with van der Waals surface area (Å²) < 4.78 is 0. The van der Waals surface area contributed by atoms with Crippen LogP contribution in [0.15, 0.2) is 53.4 Å². The lowest BCUT2D eigenvalue weighted by molar-refractivity contribution is 0.0452. The summed E-state index contributed by atoms with van der Waals surface area (Å²) in [5, 5.41) is 0.758. The fraction of sp³-hybridized carbons (Fsp3) is 0.458. The van der Waals surface area contributed by atoms with Gasteiger partial charge in [-0.25, -0.2) is 0 Å². The number of hydrogen-bond donors (Lipinski definition) is 0. The van der Waals surface area contributed by atoms with Crippen LogP contribution >= 0.6 is 23.4 Å². The first-order chi connectivity index (χ1) is 14.6. The van der Waals surface area contributed by atoms with E-state index in [9.17, 15) is 4.79 Å². The van der Waals surface area contributed by atoms with Crippen molar-refractivity contribution >= 4 is 29.3 Å². The number of rotatable bonds is 5. The van der Waals surface area contributed by atoms with Gasteiger partial charge in [-0.2, -0.15) is 0 Å². The second kappa shape index (κ2) is 10.2. The lowest BCUT2D eigenvalue weighted by Crippen LogP contribution is -2.55. The molecule has 4 rings (SSSR count). The van der Waals surface area contributed by atoms with Crippen molar-refractivity contribution in [1.82, 2.24) is 14.7 Å². The minimum Gasteiger partial charge on any atom is -0.336 e. The van der Waals surface area contributed by atoms with Crippen LogP contribution in [0.4, 0.5) is 0 Å². The first-order valence-electron chi connectivity index (χ1n) is 10.8. The fourth-order valence-corrected chi connectivity index (χ4v) is 5.33. The summed E-state index contributed by atoms with van der Waals surface area (Å²) in [6.45, 7) is 5.99.